The molecular weight excluding hydrogens is 262 g/mol. The van der Waals surface area contributed by atoms with E-state index in [9.17, 15) is 0 Å². The number of nitrogens with zero attached hydrogens (tertiary/aromatic N) is 1. The number of hydrogen-bond donors (Lipinski definition) is 0. The Bertz CT molecular complexity index is 335. The van der Waals surface area contributed by atoms with Crippen molar-refractivity contribution in [3.05, 3.63) is 0 Å². The van der Waals surface area contributed by atoms with Crippen LogP contribution in [0.25, 0.3) is 0 Å². The van der Waals surface area contributed by atoms with Crippen LogP contribution >= 0.6 is 0 Å². The van der Waals surface area contributed by atoms with Crippen LogP contribution in [0.3, 0.4) is 0 Å². The first kappa shape index (κ1) is 15.8. The predicted octanol–water partition coefficient (Wildman–Crippen LogP) is 3.68. The van der Waals surface area contributed by atoms with E-state index >= 15 is 0 Å². The fourth-order valence-corrected chi connectivity index (χ4v) is 4.98. The second-order valence-corrected chi connectivity index (χ2v) is 7.37. The van der Waals surface area contributed by atoms with Crippen LogP contribution in [0.5, 0.6) is 0 Å². The van der Waals surface area contributed by atoms with Crippen molar-refractivity contribution in [3.63, 3.8) is 0 Å². The lowest BCUT2D eigenvalue weighted by molar-refractivity contribution is -0.174. The average Bonchev–Trinajstić information content (AvgIpc) is 2.91. The van der Waals surface area contributed by atoms with Gasteiger partial charge in [0.15, 0.2) is 0 Å². The smallest absolute Gasteiger partial charge is 0.145 e. The zero-order valence-corrected chi connectivity index (χ0v) is 14.0. The lowest BCUT2D eigenvalue weighted by atomic mass is 9.60. The van der Waals surface area contributed by atoms with Crippen molar-refractivity contribution < 1.29 is 9.47 Å². The molecule has 0 aromatic carbocycles. The zero-order chi connectivity index (χ0) is 14.7. The predicted molar refractivity (Wildman–Crippen MR) is 85.2 cm³/mol. The van der Waals surface area contributed by atoms with Crippen LogP contribution in [0.2, 0.25) is 0 Å². The lowest BCUT2D eigenvalue weighted by Crippen LogP contribution is -2.54. The van der Waals surface area contributed by atoms with Crippen LogP contribution in [0.15, 0.2) is 0 Å². The molecule has 1 aliphatic carbocycles. The summed E-state index contributed by atoms with van der Waals surface area (Å²) in [5.74, 6) is 2.95. The first-order valence-corrected chi connectivity index (χ1v) is 9.26. The molecule has 3 rings (SSSR count). The topological polar surface area (TPSA) is 21.7 Å². The number of hydrogen-bond acceptors (Lipinski definition) is 3. The van der Waals surface area contributed by atoms with Crippen molar-refractivity contribution in [1.82, 2.24) is 4.90 Å². The van der Waals surface area contributed by atoms with E-state index in [1.165, 1.54) is 44.9 Å². The molecule has 0 amide bonds. The first-order valence-electron chi connectivity index (χ1n) is 9.26. The van der Waals surface area contributed by atoms with E-state index in [1.807, 2.05) is 0 Å². The maximum Gasteiger partial charge on any atom is 0.145 e. The fraction of sp³-hybridized carbons (Fsp3) is 1.00. The Balaban J connectivity index is 1.52. The van der Waals surface area contributed by atoms with Gasteiger partial charge in [0, 0.05) is 13.1 Å². The molecule has 2 saturated heterocycles. The van der Waals surface area contributed by atoms with E-state index in [2.05, 4.69) is 18.7 Å². The van der Waals surface area contributed by atoms with Crippen molar-refractivity contribution in [2.45, 2.75) is 64.5 Å². The first-order chi connectivity index (χ1) is 10.3. The molecule has 0 spiro atoms. The Morgan fingerprint density at radius 2 is 1.76 bits per heavy atom. The zero-order valence-electron chi connectivity index (χ0n) is 14.0. The molecule has 0 aromatic heterocycles. The van der Waals surface area contributed by atoms with Crippen molar-refractivity contribution in [3.8, 4) is 0 Å². The van der Waals surface area contributed by atoms with Crippen LogP contribution in [0, 0.1) is 17.8 Å². The standard InChI is InChI=1S/C18H33NO2/c1-3-5-15-13-16(17(15)6-4-2)7-8-18-14-20-11-9-19(18)10-12-21-18/h15-17H,3-14H2,1-2H3/t15?,16-,17?,18?/m0/s1. The monoisotopic (exact) mass is 295 g/mol. The van der Waals surface area contributed by atoms with Gasteiger partial charge in [-0.25, -0.2) is 0 Å². The molecule has 1 saturated carbocycles. The molecule has 21 heavy (non-hydrogen) atoms. The Morgan fingerprint density at radius 1 is 1.00 bits per heavy atom. The minimum absolute atomic E-state index is 0.0646. The van der Waals surface area contributed by atoms with Gasteiger partial charge in [0.05, 0.1) is 19.8 Å². The normalized spacial score (nSPS) is 40.0. The largest absolute Gasteiger partial charge is 0.376 e. The highest BCUT2D eigenvalue weighted by Crippen LogP contribution is 2.49. The Kier molecular flexibility index (Phi) is 5.23. The molecular formula is C18H33NO2. The molecule has 3 heteroatoms. The Labute approximate surface area is 130 Å². The number of rotatable bonds is 7. The highest BCUT2D eigenvalue weighted by molar-refractivity contribution is 4.94. The molecule has 0 N–H and O–H groups in total. The molecule has 4 atom stereocenters. The van der Waals surface area contributed by atoms with E-state index in [-0.39, 0.29) is 5.72 Å². The average molecular weight is 295 g/mol. The number of fused-ring (bicyclic) bond motifs is 1. The summed E-state index contributed by atoms with van der Waals surface area (Å²) < 4.78 is 11.9. The van der Waals surface area contributed by atoms with E-state index in [0.29, 0.717) is 0 Å². The van der Waals surface area contributed by atoms with Crippen molar-refractivity contribution in [2.24, 2.45) is 17.8 Å². The van der Waals surface area contributed by atoms with Gasteiger partial charge < -0.3 is 9.47 Å². The third kappa shape index (κ3) is 3.16. The van der Waals surface area contributed by atoms with Gasteiger partial charge in [0.25, 0.3) is 0 Å². The molecule has 3 unspecified atom stereocenters. The van der Waals surface area contributed by atoms with Crippen molar-refractivity contribution in [1.29, 1.82) is 0 Å². The van der Waals surface area contributed by atoms with Gasteiger partial charge in [-0.2, -0.15) is 0 Å². The highest BCUT2D eigenvalue weighted by Gasteiger charge is 2.46. The summed E-state index contributed by atoms with van der Waals surface area (Å²) >= 11 is 0. The molecule has 0 radical (unpaired) electrons. The lowest BCUT2D eigenvalue weighted by Gasteiger charge is -2.48. The molecule has 2 heterocycles. The SMILES string of the molecule is CCCC1C[C@H](CCC23COCCN2CCO3)C1CCC. The Hall–Kier alpha value is -0.120. The summed E-state index contributed by atoms with van der Waals surface area (Å²) in [5.41, 5.74) is -0.0646. The van der Waals surface area contributed by atoms with Crippen LogP contribution < -0.4 is 0 Å². The van der Waals surface area contributed by atoms with E-state index < -0.39 is 0 Å². The van der Waals surface area contributed by atoms with Gasteiger partial charge in [0.2, 0.25) is 0 Å². The summed E-state index contributed by atoms with van der Waals surface area (Å²) in [4.78, 5) is 2.54. The minimum Gasteiger partial charge on any atom is -0.376 e. The van der Waals surface area contributed by atoms with Crippen LogP contribution in [-0.4, -0.2) is 43.5 Å². The molecule has 0 aromatic rings. The van der Waals surface area contributed by atoms with Gasteiger partial charge in [0.1, 0.15) is 5.72 Å². The summed E-state index contributed by atoms with van der Waals surface area (Å²) in [6.45, 7) is 9.40. The van der Waals surface area contributed by atoms with E-state index in [4.69, 9.17) is 9.47 Å². The second kappa shape index (κ2) is 6.97. The third-order valence-corrected chi connectivity index (χ3v) is 6.15. The fourth-order valence-electron chi connectivity index (χ4n) is 4.98. The van der Waals surface area contributed by atoms with Crippen LogP contribution in [0.4, 0.5) is 0 Å². The third-order valence-electron chi connectivity index (χ3n) is 6.15. The Morgan fingerprint density at radius 3 is 2.57 bits per heavy atom. The van der Waals surface area contributed by atoms with Crippen molar-refractivity contribution >= 4 is 0 Å². The molecule has 3 nitrogen and oxygen atoms in total. The van der Waals surface area contributed by atoms with Gasteiger partial charge in [-0.3, -0.25) is 4.90 Å². The molecule has 0 bridgehead atoms. The minimum atomic E-state index is -0.0646. The molecule has 122 valence electrons. The highest BCUT2D eigenvalue weighted by atomic mass is 16.6. The van der Waals surface area contributed by atoms with Gasteiger partial charge in [-0.1, -0.05) is 39.5 Å². The summed E-state index contributed by atoms with van der Waals surface area (Å²) in [5, 5.41) is 0. The van der Waals surface area contributed by atoms with Crippen LogP contribution in [0.1, 0.15) is 58.8 Å². The molecule has 2 aliphatic heterocycles. The quantitative estimate of drug-likeness (QED) is 0.715. The summed E-state index contributed by atoms with van der Waals surface area (Å²) in [6.07, 6.45) is 9.56. The molecule has 3 aliphatic rings. The summed E-state index contributed by atoms with van der Waals surface area (Å²) in [6, 6.07) is 0. The van der Waals surface area contributed by atoms with Gasteiger partial charge in [-0.15, -0.1) is 0 Å². The maximum atomic E-state index is 6.13. The number of ether oxygens (including phenoxy) is 2. The summed E-state index contributed by atoms with van der Waals surface area (Å²) in [7, 11) is 0. The van der Waals surface area contributed by atoms with E-state index in [1.54, 1.807) is 0 Å². The van der Waals surface area contributed by atoms with Crippen molar-refractivity contribution in [2.75, 3.05) is 32.9 Å². The van der Waals surface area contributed by atoms with Gasteiger partial charge in [-0.05, 0) is 37.0 Å². The van der Waals surface area contributed by atoms with Crippen LogP contribution in [-0.2, 0) is 9.47 Å². The maximum absolute atomic E-state index is 6.13. The second-order valence-electron chi connectivity index (χ2n) is 7.37. The van der Waals surface area contributed by atoms with Gasteiger partial charge >= 0.3 is 0 Å². The molecule has 3 fully saturated rings. The number of morpholine rings is 1. The van der Waals surface area contributed by atoms with E-state index in [0.717, 1.165) is 50.7 Å².